The minimum Gasteiger partial charge on any atom is -0.353 e. The molecule has 2 fully saturated rings. The first-order valence-electron chi connectivity index (χ1n) is 9.64. The van der Waals surface area contributed by atoms with Gasteiger partial charge in [-0.2, -0.15) is 0 Å². The van der Waals surface area contributed by atoms with E-state index in [0.29, 0.717) is 30.4 Å². The fourth-order valence-electron chi connectivity index (χ4n) is 4.11. The second-order valence-corrected chi connectivity index (χ2v) is 8.37. The van der Waals surface area contributed by atoms with Gasteiger partial charge in [0.25, 0.3) is 0 Å². The normalized spacial score (nSPS) is 25.5. The SMILES string of the molecule is O=C(Cc1cc(F)cc(Cl)c1)N[C@H]1CC[C@@H](NCC2CCC(F)(F)CC2)C1. The van der Waals surface area contributed by atoms with Crippen molar-refractivity contribution in [2.45, 2.75) is 69.4 Å². The van der Waals surface area contributed by atoms with Crippen LogP contribution in [0.3, 0.4) is 0 Å². The van der Waals surface area contributed by atoms with E-state index in [0.717, 1.165) is 25.8 Å². The van der Waals surface area contributed by atoms with E-state index in [-0.39, 0.29) is 36.2 Å². The van der Waals surface area contributed by atoms with Crippen LogP contribution in [0.1, 0.15) is 50.5 Å². The Bertz CT molecular complexity index is 640. The predicted molar refractivity (Wildman–Crippen MR) is 99.6 cm³/mol. The molecule has 0 heterocycles. The number of hydrogen-bond acceptors (Lipinski definition) is 2. The molecule has 2 atom stereocenters. The van der Waals surface area contributed by atoms with E-state index in [9.17, 15) is 18.0 Å². The molecule has 2 saturated carbocycles. The fourth-order valence-corrected chi connectivity index (χ4v) is 4.36. The van der Waals surface area contributed by atoms with E-state index in [2.05, 4.69) is 10.6 Å². The Morgan fingerprint density at radius 2 is 1.81 bits per heavy atom. The number of amides is 1. The van der Waals surface area contributed by atoms with Crippen molar-refractivity contribution in [3.8, 4) is 0 Å². The van der Waals surface area contributed by atoms with Gasteiger partial charge in [0.1, 0.15) is 5.82 Å². The van der Waals surface area contributed by atoms with Gasteiger partial charge in [0.05, 0.1) is 6.42 Å². The molecule has 0 aliphatic heterocycles. The van der Waals surface area contributed by atoms with E-state index in [4.69, 9.17) is 11.6 Å². The van der Waals surface area contributed by atoms with Crippen molar-refractivity contribution in [3.63, 3.8) is 0 Å². The van der Waals surface area contributed by atoms with Crippen LogP contribution in [-0.4, -0.2) is 30.5 Å². The highest BCUT2D eigenvalue weighted by atomic mass is 35.5. The standard InChI is InChI=1S/C20H26ClF3N2O/c21-15-7-14(8-16(22)10-15)9-19(27)26-18-2-1-17(11-18)25-12-13-3-5-20(23,24)6-4-13/h7-8,10,13,17-18,25H,1-6,9,11-12H2,(H,26,27)/t17-,18+/m1/s1. The molecule has 0 saturated heterocycles. The lowest BCUT2D eigenvalue weighted by Gasteiger charge is -2.29. The molecule has 1 aromatic rings. The van der Waals surface area contributed by atoms with Crippen molar-refractivity contribution in [1.82, 2.24) is 10.6 Å². The molecule has 3 rings (SSSR count). The molecule has 3 nitrogen and oxygen atoms in total. The lowest BCUT2D eigenvalue weighted by Crippen LogP contribution is -2.38. The van der Waals surface area contributed by atoms with Crippen molar-refractivity contribution < 1.29 is 18.0 Å². The van der Waals surface area contributed by atoms with E-state index < -0.39 is 11.7 Å². The molecular weight excluding hydrogens is 377 g/mol. The Labute approximate surface area is 163 Å². The molecule has 0 spiro atoms. The van der Waals surface area contributed by atoms with Crippen LogP contribution in [-0.2, 0) is 11.2 Å². The van der Waals surface area contributed by atoms with Crippen LogP contribution in [0.25, 0.3) is 0 Å². The molecule has 1 amide bonds. The number of alkyl halides is 2. The Hall–Kier alpha value is -1.27. The van der Waals surface area contributed by atoms with Gasteiger partial charge in [-0.15, -0.1) is 0 Å². The van der Waals surface area contributed by atoms with Gasteiger partial charge in [0, 0.05) is 29.9 Å². The maximum absolute atomic E-state index is 13.3. The van der Waals surface area contributed by atoms with Gasteiger partial charge in [0.15, 0.2) is 0 Å². The minimum atomic E-state index is -2.48. The summed E-state index contributed by atoms with van der Waals surface area (Å²) < 4.78 is 39.8. The molecule has 2 aliphatic rings. The summed E-state index contributed by atoms with van der Waals surface area (Å²) in [6, 6.07) is 4.52. The Morgan fingerprint density at radius 3 is 2.52 bits per heavy atom. The van der Waals surface area contributed by atoms with Crippen LogP contribution < -0.4 is 10.6 Å². The lowest BCUT2D eigenvalue weighted by molar-refractivity contribution is -0.121. The Kier molecular flexibility index (Phi) is 6.69. The molecule has 27 heavy (non-hydrogen) atoms. The molecule has 0 radical (unpaired) electrons. The highest BCUT2D eigenvalue weighted by molar-refractivity contribution is 6.30. The summed E-state index contributed by atoms with van der Waals surface area (Å²) in [5.41, 5.74) is 0.555. The second-order valence-electron chi connectivity index (χ2n) is 7.94. The van der Waals surface area contributed by atoms with Gasteiger partial charge in [0.2, 0.25) is 11.8 Å². The van der Waals surface area contributed by atoms with E-state index in [1.165, 1.54) is 12.1 Å². The fraction of sp³-hybridized carbons (Fsp3) is 0.650. The summed E-state index contributed by atoms with van der Waals surface area (Å²) in [7, 11) is 0. The molecular formula is C20H26ClF3N2O. The van der Waals surface area contributed by atoms with E-state index >= 15 is 0 Å². The average Bonchev–Trinajstić information content (AvgIpc) is 3.00. The second kappa shape index (κ2) is 8.82. The third-order valence-electron chi connectivity index (χ3n) is 5.62. The van der Waals surface area contributed by atoms with Crippen molar-refractivity contribution >= 4 is 17.5 Å². The quantitative estimate of drug-likeness (QED) is 0.736. The molecule has 1 aromatic carbocycles. The van der Waals surface area contributed by atoms with Gasteiger partial charge >= 0.3 is 0 Å². The van der Waals surface area contributed by atoms with Crippen LogP contribution >= 0.6 is 11.6 Å². The maximum Gasteiger partial charge on any atom is 0.248 e. The average molecular weight is 403 g/mol. The number of halogens is 4. The number of rotatable bonds is 6. The Balaban J connectivity index is 1.37. The third-order valence-corrected chi connectivity index (χ3v) is 5.83. The highest BCUT2D eigenvalue weighted by Gasteiger charge is 2.35. The topological polar surface area (TPSA) is 41.1 Å². The van der Waals surface area contributed by atoms with Crippen molar-refractivity contribution in [3.05, 3.63) is 34.6 Å². The highest BCUT2D eigenvalue weighted by Crippen LogP contribution is 2.36. The molecule has 2 aliphatic carbocycles. The summed E-state index contributed by atoms with van der Waals surface area (Å²) in [6.07, 6.45) is 3.91. The van der Waals surface area contributed by atoms with Crippen molar-refractivity contribution in [2.75, 3.05) is 6.54 Å². The van der Waals surface area contributed by atoms with Gasteiger partial charge in [-0.25, -0.2) is 13.2 Å². The number of carbonyl (C=O) groups is 1. The Morgan fingerprint density at radius 1 is 1.11 bits per heavy atom. The molecule has 150 valence electrons. The van der Waals surface area contributed by atoms with Gasteiger partial charge in [-0.1, -0.05) is 11.6 Å². The summed E-state index contributed by atoms with van der Waals surface area (Å²) in [5.74, 6) is -2.76. The van der Waals surface area contributed by atoms with Crippen LogP contribution in [0, 0.1) is 11.7 Å². The molecule has 0 aromatic heterocycles. The zero-order valence-electron chi connectivity index (χ0n) is 15.2. The maximum atomic E-state index is 13.3. The lowest BCUT2D eigenvalue weighted by atomic mass is 9.86. The third kappa shape index (κ3) is 6.39. The van der Waals surface area contributed by atoms with Gasteiger partial charge < -0.3 is 10.6 Å². The molecule has 0 unspecified atom stereocenters. The molecule has 2 N–H and O–H groups in total. The summed E-state index contributed by atoms with van der Waals surface area (Å²) >= 11 is 5.82. The van der Waals surface area contributed by atoms with Gasteiger partial charge in [-0.05, 0) is 68.3 Å². The first-order valence-corrected chi connectivity index (χ1v) is 10.0. The zero-order chi connectivity index (χ0) is 19.4. The van der Waals surface area contributed by atoms with Crippen molar-refractivity contribution in [1.29, 1.82) is 0 Å². The number of benzene rings is 1. The number of carbonyl (C=O) groups excluding carboxylic acids is 1. The van der Waals surface area contributed by atoms with Crippen LogP contribution in [0.2, 0.25) is 5.02 Å². The van der Waals surface area contributed by atoms with E-state index in [1.54, 1.807) is 6.07 Å². The van der Waals surface area contributed by atoms with Crippen LogP contribution in [0.5, 0.6) is 0 Å². The monoisotopic (exact) mass is 402 g/mol. The molecule has 7 heteroatoms. The first kappa shape index (κ1) is 20.5. The van der Waals surface area contributed by atoms with Crippen LogP contribution in [0.4, 0.5) is 13.2 Å². The van der Waals surface area contributed by atoms with Gasteiger partial charge in [-0.3, -0.25) is 4.79 Å². The van der Waals surface area contributed by atoms with Crippen molar-refractivity contribution in [2.24, 2.45) is 5.92 Å². The number of hydrogen-bond donors (Lipinski definition) is 2. The number of nitrogens with one attached hydrogen (secondary N) is 2. The summed E-state index contributed by atoms with van der Waals surface area (Å²) in [6.45, 7) is 0.767. The zero-order valence-corrected chi connectivity index (χ0v) is 16.0. The minimum absolute atomic E-state index is 0.00715. The summed E-state index contributed by atoms with van der Waals surface area (Å²) in [5, 5.41) is 6.77. The van der Waals surface area contributed by atoms with E-state index in [1.807, 2.05) is 0 Å². The summed E-state index contributed by atoms with van der Waals surface area (Å²) in [4.78, 5) is 12.2. The first-order chi connectivity index (χ1) is 12.8. The largest absolute Gasteiger partial charge is 0.353 e. The molecule has 0 bridgehead atoms. The smallest absolute Gasteiger partial charge is 0.248 e. The van der Waals surface area contributed by atoms with Crippen LogP contribution in [0.15, 0.2) is 18.2 Å². The predicted octanol–water partition coefficient (Wildman–Crippen LogP) is 4.47.